The van der Waals surface area contributed by atoms with Crippen molar-refractivity contribution in [3.8, 4) is 0 Å². The number of hydrogen-bond acceptors (Lipinski definition) is 3. The average molecular weight is 143 g/mol. The zero-order chi connectivity index (χ0) is 6.27. The van der Waals surface area contributed by atoms with E-state index in [1.54, 1.807) is 0 Å². The molecule has 0 aromatic rings. The summed E-state index contributed by atoms with van der Waals surface area (Å²) in [5, 5.41) is 0. The highest BCUT2D eigenvalue weighted by Crippen LogP contribution is 2.34. The molecule has 0 saturated carbocycles. The van der Waals surface area contributed by atoms with Gasteiger partial charge < -0.3 is 0 Å². The van der Waals surface area contributed by atoms with Gasteiger partial charge in [-0.05, 0) is 6.42 Å². The summed E-state index contributed by atoms with van der Waals surface area (Å²) in [6.07, 6.45) is 1.13. The Kier molecular flexibility index (Phi) is 1.29. The minimum Gasteiger partial charge on any atom is -0.299 e. The topological polar surface area (TPSA) is 12.5 Å². The summed E-state index contributed by atoms with van der Waals surface area (Å²) < 4.78 is 7.41. The van der Waals surface area contributed by atoms with Crippen LogP contribution < -0.4 is 0 Å². The Morgan fingerprint density at radius 3 is 3.44 bits per heavy atom. The molecule has 9 heavy (non-hydrogen) atoms. The van der Waals surface area contributed by atoms with Gasteiger partial charge >= 0.3 is 0 Å². The minimum atomic E-state index is 0.627. The van der Waals surface area contributed by atoms with E-state index in [2.05, 4.69) is 10.9 Å². The highest BCUT2D eigenvalue weighted by Gasteiger charge is 2.33. The summed E-state index contributed by atoms with van der Waals surface area (Å²) in [4.78, 5) is 0. The van der Waals surface area contributed by atoms with Crippen LogP contribution >= 0.6 is 12.2 Å². The summed E-state index contributed by atoms with van der Waals surface area (Å²) in [7, 11) is 0. The van der Waals surface area contributed by atoms with E-state index in [1.165, 1.54) is 17.8 Å². The van der Waals surface area contributed by atoms with Crippen LogP contribution in [0, 0.1) is 0 Å². The second kappa shape index (κ2) is 2.01. The molecule has 0 radical (unpaired) electrons. The van der Waals surface area contributed by atoms with Crippen molar-refractivity contribution in [1.82, 2.24) is 4.31 Å². The highest BCUT2D eigenvalue weighted by molar-refractivity contribution is 7.92. The first kappa shape index (κ1) is 5.77. The third-order valence-corrected chi connectivity index (χ3v) is 2.58. The van der Waals surface area contributed by atoms with E-state index in [0.717, 1.165) is 19.6 Å². The first-order chi connectivity index (χ1) is 4.36. The minimum absolute atomic E-state index is 0.627. The molecule has 0 spiro atoms. The van der Waals surface area contributed by atoms with Crippen LogP contribution in [0.15, 0.2) is 12.2 Å². The maximum absolute atomic E-state index is 5.16. The summed E-state index contributed by atoms with van der Waals surface area (Å²) in [6.45, 7) is 5.83. The van der Waals surface area contributed by atoms with Gasteiger partial charge in [-0.2, -0.15) is 0 Å². The van der Waals surface area contributed by atoms with E-state index in [1.807, 2.05) is 0 Å². The molecule has 50 valence electrons. The van der Waals surface area contributed by atoms with Gasteiger partial charge in [0.05, 0.1) is 24.9 Å². The Morgan fingerprint density at radius 1 is 1.78 bits per heavy atom. The van der Waals surface area contributed by atoms with Crippen LogP contribution in [-0.4, -0.2) is 23.5 Å². The van der Waals surface area contributed by atoms with Gasteiger partial charge in [0, 0.05) is 6.54 Å². The molecule has 3 heteroatoms. The number of rotatable bonds is 0. The average Bonchev–Trinajstić information content (AvgIpc) is 2.22. The summed E-state index contributed by atoms with van der Waals surface area (Å²) in [5.74, 6) is 0. The molecule has 2 fully saturated rings. The zero-order valence-electron chi connectivity index (χ0n) is 5.17. The van der Waals surface area contributed by atoms with Crippen molar-refractivity contribution in [2.24, 2.45) is 0 Å². The Balaban J connectivity index is 2.09. The predicted octanol–water partition coefficient (Wildman–Crippen LogP) is 1.21. The molecular formula is C6H9NOS. The van der Waals surface area contributed by atoms with Gasteiger partial charge in [0.15, 0.2) is 0 Å². The maximum Gasteiger partial charge on any atom is 0.0826 e. The van der Waals surface area contributed by atoms with Gasteiger partial charge in [-0.1, -0.05) is 12.2 Å². The molecule has 0 aromatic heterocycles. The summed E-state index contributed by atoms with van der Waals surface area (Å²) in [5.41, 5.74) is 1.34. The van der Waals surface area contributed by atoms with Crippen molar-refractivity contribution < 1.29 is 4.18 Å². The van der Waals surface area contributed by atoms with Gasteiger partial charge in [-0.3, -0.25) is 4.18 Å². The molecule has 2 saturated heterocycles. The fourth-order valence-corrected chi connectivity index (χ4v) is 2.10. The van der Waals surface area contributed by atoms with Crippen molar-refractivity contribution in [2.75, 3.05) is 13.2 Å². The van der Waals surface area contributed by atoms with E-state index in [4.69, 9.17) is 4.18 Å². The molecule has 0 bridgehead atoms. The molecular weight excluding hydrogens is 134 g/mol. The van der Waals surface area contributed by atoms with E-state index < -0.39 is 0 Å². The molecule has 1 atom stereocenters. The van der Waals surface area contributed by atoms with Crippen LogP contribution in [0.1, 0.15) is 6.42 Å². The molecule has 2 nitrogen and oxygen atoms in total. The SMILES string of the molecule is C=C1C[C@H]2COSN2C1. The lowest BCUT2D eigenvalue weighted by Gasteiger charge is -2.05. The van der Waals surface area contributed by atoms with Gasteiger partial charge in [0.1, 0.15) is 0 Å². The second-order valence-corrected chi connectivity index (χ2v) is 3.40. The van der Waals surface area contributed by atoms with Crippen LogP contribution in [0.5, 0.6) is 0 Å². The lowest BCUT2D eigenvalue weighted by Crippen LogP contribution is -2.17. The van der Waals surface area contributed by atoms with E-state index in [-0.39, 0.29) is 0 Å². The van der Waals surface area contributed by atoms with Crippen LogP contribution in [0.4, 0.5) is 0 Å². The monoisotopic (exact) mass is 143 g/mol. The van der Waals surface area contributed by atoms with Crippen molar-refractivity contribution in [3.63, 3.8) is 0 Å². The van der Waals surface area contributed by atoms with Crippen molar-refractivity contribution in [1.29, 1.82) is 0 Å². The molecule has 0 aromatic carbocycles. The number of hydrogen-bond donors (Lipinski definition) is 0. The standard InChI is InChI=1S/C6H9NOS/c1-5-2-6-4-8-9-7(6)3-5/h6H,1-4H2/t6-/m0/s1. The molecule has 2 rings (SSSR count). The van der Waals surface area contributed by atoms with Gasteiger partial charge in [-0.15, -0.1) is 0 Å². The fourth-order valence-electron chi connectivity index (χ4n) is 1.26. The summed E-state index contributed by atoms with van der Waals surface area (Å²) in [6, 6.07) is 0.627. The smallest absolute Gasteiger partial charge is 0.0826 e. The van der Waals surface area contributed by atoms with Gasteiger partial charge in [0.2, 0.25) is 0 Å². The number of nitrogens with zero attached hydrogens (tertiary/aromatic N) is 1. The maximum atomic E-state index is 5.16. The van der Waals surface area contributed by atoms with Crippen LogP contribution in [0.2, 0.25) is 0 Å². The Morgan fingerprint density at radius 2 is 2.67 bits per heavy atom. The lowest BCUT2D eigenvalue weighted by atomic mass is 10.2. The molecule has 0 amide bonds. The third kappa shape index (κ3) is 0.892. The molecule has 2 heterocycles. The largest absolute Gasteiger partial charge is 0.299 e. The van der Waals surface area contributed by atoms with Crippen molar-refractivity contribution >= 4 is 12.2 Å². The third-order valence-electron chi connectivity index (χ3n) is 1.72. The Labute approximate surface area is 59.2 Å². The van der Waals surface area contributed by atoms with Crippen molar-refractivity contribution in [2.45, 2.75) is 12.5 Å². The van der Waals surface area contributed by atoms with Crippen molar-refractivity contribution in [3.05, 3.63) is 12.2 Å². The molecule has 2 aliphatic rings. The summed E-state index contributed by atoms with van der Waals surface area (Å²) >= 11 is 1.49. The van der Waals surface area contributed by atoms with E-state index in [0.29, 0.717) is 6.04 Å². The first-order valence-corrected chi connectivity index (χ1v) is 3.79. The first-order valence-electron chi connectivity index (χ1n) is 3.09. The van der Waals surface area contributed by atoms with Gasteiger partial charge in [-0.25, -0.2) is 4.31 Å². The predicted molar refractivity (Wildman–Crippen MR) is 37.8 cm³/mol. The fraction of sp³-hybridized carbons (Fsp3) is 0.667. The molecule has 0 N–H and O–H groups in total. The van der Waals surface area contributed by atoms with Gasteiger partial charge in [0.25, 0.3) is 0 Å². The zero-order valence-corrected chi connectivity index (χ0v) is 5.99. The van der Waals surface area contributed by atoms with Crippen LogP contribution in [-0.2, 0) is 4.18 Å². The lowest BCUT2D eigenvalue weighted by molar-refractivity contribution is 0.346. The van der Waals surface area contributed by atoms with E-state index >= 15 is 0 Å². The number of fused-ring (bicyclic) bond motifs is 1. The van der Waals surface area contributed by atoms with Crippen LogP contribution in [0.3, 0.4) is 0 Å². The normalized spacial score (nSPS) is 35.6. The highest BCUT2D eigenvalue weighted by atomic mass is 32.2. The quantitative estimate of drug-likeness (QED) is 0.287. The molecule has 0 unspecified atom stereocenters. The Hall–Kier alpha value is 0.01000. The van der Waals surface area contributed by atoms with E-state index in [9.17, 15) is 0 Å². The van der Waals surface area contributed by atoms with Crippen LogP contribution in [0.25, 0.3) is 0 Å². The molecule has 0 aliphatic carbocycles. The molecule has 2 aliphatic heterocycles. The second-order valence-electron chi connectivity index (χ2n) is 2.54. The Bertz CT molecular complexity index is 134.